The molecule has 1 N–H and O–H groups in total. The summed E-state index contributed by atoms with van der Waals surface area (Å²) < 4.78 is 5.63. The first-order chi connectivity index (χ1) is 17.2. The van der Waals surface area contributed by atoms with E-state index in [1.54, 1.807) is 0 Å². The Labute approximate surface area is 210 Å². The molecule has 1 aliphatic heterocycles. The van der Waals surface area contributed by atoms with Crippen molar-refractivity contribution in [2.24, 2.45) is 5.92 Å². The molecule has 1 saturated heterocycles. The molecule has 0 unspecified atom stereocenters. The molecule has 0 aliphatic carbocycles. The Morgan fingerprint density at radius 1 is 0.914 bits per heavy atom. The minimum absolute atomic E-state index is 0.109. The van der Waals surface area contributed by atoms with Crippen LogP contribution >= 0.6 is 0 Å². The average molecular weight is 471 g/mol. The number of nitrogens with zero attached hydrogens (tertiary/aromatic N) is 1. The van der Waals surface area contributed by atoms with Gasteiger partial charge in [0.15, 0.2) is 0 Å². The van der Waals surface area contributed by atoms with E-state index in [1.807, 2.05) is 24.3 Å². The molecule has 1 heterocycles. The summed E-state index contributed by atoms with van der Waals surface area (Å²) in [4.78, 5) is 15.3. The third kappa shape index (κ3) is 7.43. The van der Waals surface area contributed by atoms with Gasteiger partial charge in [-0.05, 0) is 74.1 Å². The second-order valence-corrected chi connectivity index (χ2v) is 9.49. The van der Waals surface area contributed by atoms with Crippen molar-refractivity contribution in [2.45, 2.75) is 45.1 Å². The van der Waals surface area contributed by atoms with E-state index in [-0.39, 0.29) is 11.8 Å². The lowest BCUT2D eigenvalue weighted by Gasteiger charge is -2.32. The van der Waals surface area contributed by atoms with Gasteiger partial charge in [0.25, 0.3) is 0 Å². The Hall–Kier alpha value is -3.11. The number of rotatable bonds is 11. The van der Waals surface area contributed by atoms with Crippen molar-refractivity contribution in [1.29, 1.82) is 0 Å². The van der Waals surface area contributed by atoms with Crippen LogP contribution in [0.3, 0.4) is 0 Å². The van der Waals surface area contributed by atoms with E-state index in [0.29, 0.717) is 12.5 Å². The van der Waals surface area contributed by atoms with Gasteiger partial charge in [-0.2, -0.15) is 0 Å². The molecule has 3 aromatic rings. The molecule has 0 bridgehead atoms. The lowest BCUT2D eigenvalue weighted by atomic mass is 9.88. The van der Waals surface area contributed by atoms with Crippen molar-refractivity contribution in [3.63, 3.8) is 0 Å². The number of piperidine rings is 1. The van der Waals surface area contributed by atoms with Gasteiger partial charge < -0.3 is 15.0 Å². The van der Waals surface area contributed by atoms with Gasteiger partial charge in [0.05, 0.1) is 6.61 Å². The predicted molar refractivity (Wildman–Crippen MR) is 143 cm³/mol. The first-order valence-corrected chi connectivity index (χ1v) is 13.0. The molecule has 1 amide bonds. The number of amides is 1. The van der Waals surface area contributed by atoms with Crippen LogP contribution in [0.1, 0.15) is 55.2 Å². The van der Waals surface area contributed by atoms with Crippen LogP contribution in [0.25, 0.3) is 0 Å². The van der Waals surface area contributed by atoms with Crippen LogP contribution in [0.5, 0.6) is 5.75 Å². The third-order valence-electron chi connectivity index (χ3n) is 6.96. The number of hydrogen-bond acceptors (Lipinski definition) is 3. The van der Waals surface area contributed by atoms with Gasteiger partial charge in [0.1, 0.15) is 5.75 Å². The molecule has 0 atom stereocenters. The number of benzene rings is 3. The van der Waals surface area contributed by atoms with Crippen LogP contribution in [0.2, 0.25) is 0 Å². The van der Waals surface area contributed by atoms with Gasteiger partial charge in [-0.15, -0.1) is 0 Å². The molecule has 3 aromatic carbocycles. The predicted octanol–water partition coefficient (Wildman–Crippen LogP) is 6.03. The van der Waals surface area contributed by atoms with Crippen molar-refractivity contribution in [3.05, 3.63) is 102 Å². The van der Waals surface area contributed by atoms with Crippen molar-refractivity contribution in [1.82, 2.24) is 10.2 Å². The molecule has 0 radical (unpaired) electrons. The van der Waals surface area contributed by atoms with Gasteiger partial charge in [-0.3, -0.25) is 4.79 Å². The Bertz CT molecular complexity index is 973. The highest BCUT2D eigenvalue weighted by atomic mass is 16.5. The van der Waals surface area contributed by atoms with Crippen LogP contribution in [0.15, 0.2) is 84.9 Å². The maximum Gasteiger partial charge on any atom is 0.223 e. The molecular weight excluding hydrogens is 432 g/mol. The lowest BCUT2D eigenvalue weighted by Crippen LogP contribution is -2.40. The maximum absolute atomic E-state index is 12.8. The van der Waals surface area contributed by atoms with Crippen LogP contribution in [-0.2, 0) is 11.3 Å². The van der Waals surface area contributed by atoms with E-state index in [4.69, 9.17) is 4.74 Å². The first-order valence-electron chi connectivity index (χ1n) is 13.0. The second-order valence-electron chi connectivity index (χ2n) is 9.49. The highest BCUT2D eigenvalue weighted by molar-refractivity contribution is 5.78. The van der Waals surface area contributed by atoms with E-state index in [0.717, 1.165) is 63.2 Å². The minimum Gasteiger partial charge on any atom is -0.494 e. The number of ether oxygens (including phenoxy) is 1. The van der Waals surface area contributed by atoms with Crippen LogP contribution < -0.4 is 10.1 Å². The molecule has 4 rings (SSSR count). The quantitative estimate of drug-likeness (QED) is 0.372. The van der Waals surface area contributed by atoms with Crippen molar-refractivity contribution < 1.29 is 9.53 Å². The molecular formula is C31H38N2O2. The van der Waals surface area contributed by atoms with E-state index in [9.17, 15) is 4.79 Å². The topological polar surface area (TPSA) is 41.6 Å². The summed E-state index contributed by atoms with van der Waals surface area (Å²) >= 11 is 0. The van der Waals surface area contributed by atoms with E-state index in [1.165, 1.54) is 11.1 Å². The molecule has 0 aromatic heterocycles. The highest BCUT2D eigenvalue weighted by Gasteiger charge is 2.25. The number of hydrogen-bond donors (Lipinski definition) is 1. The monoisotopic (exact) mass is 470 g/mol. The Kier molecular flexibility index (Phi) is 9.36. The zero-order valence-corrected chi connectivity index (χ0v) is 20.9. The molecule has 0 spiro atoms. The third-order valence-corrected chi connectivity index (χ3v) is 6.96. The van der Waals surface area contributed by atoms with E-state index < -0.39 is 0 Å². The minimum atomic E-state index is 0.109. The molecule has 4 nitrogen and oxygen atoms in total. The Balaban J connectivity index is 1.22. The first kappa shape index (κ1) is 25.0. The Morgan fingerprint density at radius 3 is 2.09 bits per heavy atom. The molecule has 35 heavy (non-hydrogen) atoms. The second kappa shape index (κ2) is 13.1. The summed E-state index contributed by atoms with van der Waals surface area (Å²) in [6.45, 7) is 6.42. The summed E-state index contributed by atoms with van der Waals surface area (Å²) in [5.41, 5.74) is 3.85. The zero-order chi connectivity index (χ0) is 24.3. The van der Waals surface area contributed by atoms with Gasteiger partial charge in [0.2, 0.25) is 5.91 Å². The molecule has 4 heteroatoms. The fraction of sp³-hybridized carbons (Fsp3) is 0.387. The van der Waals surface area contributed by atoms with Crippen LogP contribution in [-0.4, -0.2) is 37.0 Å². The summed E-state index contributed by atoms with van der Waals surface area (Å²) in [6.07, 6.45) is 3.94. The number of carbonyl (C=O) groups excluding carboxylic acids is 1. The number of likely N-dealkylation sites (tertiary alicyclic amines) is 1. The van der Waals surface area contributed by atoms with Gasteiger partial charge in [-0.1, -0.05) is 79.7 Å². The number of carbonyl (C=O) groups is 1. The summed E-state index contributed by atoms with van der Waals surface area (Å²) in [5.74, 6) is 1.58. The van der Waals surface area contributed by atoms with Crippen molar-refractivity contribution >= 4 is 5.91 Å². The number of nitrogens with one attached hydrogen (secondary N) is 1. The summed E-state index contributed by atoms with van der Waals surface area (Å²) in [6, 6.07) is 29.6. The Morgan fingerprint density at radius 2 is 1.51 bits per heavy atom. The molecule has 184 valence electrons. The van der Waals surface area contributed by atoms with Crippen molar-refractivity contribution in [3.8, 4) is 5.75 Å². The largest absolute Gasteiger partial charge is 0.494 e. The van der Waals surface area contributed by atoms with Crippen LogP contribution in [0.4, 0.5) is 0 Å². The SMILES string of the molecule is CCCOc1ccc(CNC(=O)C2CCN(CCC(c3ccccc3)c3ccccc3)CC2)cc1. The molecule has 1 fully saturated rings. The average Bonchev–Trinajstić information content (AvgIpc) is 2.93. The van der Waals surface area contributed by atoms with Gasteiger partial charge in [0, 0.05) is 18.4 Å². The molecule has 1 aliphatic rings. The maximum atomic E-state index is 12.8. The van der Waals surface area contributed by atoms with E-state index >= 15 is 0 Å². The van der Waals surface area contributed by atoms with Gasteiger partial charge >= 0.3 is 0 Å². The van der Waals surface area contributed by atoms with Gasteiger partial charge in [-0.25, -0.2) is 0 Å². The molecule has 0 saturated carbocycles. The smallest absolute Gasteiger partial charge is 0.223 e. The van der Waals surface area contributed by atoms with Crippen molar-refractivity contribution in [2.75, 3.05) is 26.2 Å². The van der Waals surface area contributed by atoms with E-state index in [2.05, 4.69) is 77.8 Å². The summed E-state index contributed by atoms with van der Waals surface area (Å²) in [7, 11) is 0. The van der Waals surface area contributed by atoms with Crippen LogP contribution in [0, 0.1) is 5.92 Å². The highest BCUT2D eigenvalue weighted by Crippen LogP contribution is 2.29. The lowest BCUT2D eigenvalue weighted by molar-refractivity contribution is -0.126. The standard InChI is InChI=1S/C31H38N2O2/c1-2-23-35-29-15-13-25(14-16-29)24-32-31(34)28-17-20-33(21-18-28)22-19-30(26-9-5-3-6-10-26)27-11-7-4-8-12-27/h3-16,28,30H,2,17-24H2,1H3,(H,32,34). The fourth-order valence-electron chi connectivity index (χ4n) is 4.88. The normalized spacial score (nSPS) is 14.7. The summed E-state index contributed by atoms with van der Waals surface area (Å²) in [5, 5.41) is 3.14. The fourth-order valence-corrected chi connectivity index (χ4v) is 4.88. The zero-order valence-electron chi connectivity index (χ0n) is 20.9.